The number of alkyl halides is 3. The van der Waals surface area contributed by atoms with E-state index in [4.69, 9.17) is 5.26 Å². The minimum atomic E-state index is -4.15. The Balaban J connectivity index is 2.17. The molecule has 2 nitrogen and oxygen atoms in total. The molecule has 0 bridgehead atoms. The van der Waals surface area contributed by atoms with Crippen molar-refractivity contribution in [3.05, 3.63) is 0 Å². The highest BCUT2D eigenvalue weighted by Gasteiger charge is 2.42. The SMILES string of the molecule is N#CCC1(CNCC(F)(F)F)CC1. The third-order valence-electron chi connectivity index (χ3n) is 2.24. The van der Waals surface area contributed by atoms with Crippen LogP contribution < -0.4 is 5.32 Å². The van der Waals surface area contributed by atoms with Crippen molar-refractivity contribution in [1.29, 1.82) is 5.26 Å². The van der Waals surface area contributed by atoms with Crippen LogP contribution in [0, 0.1) is 16.7 Å². The second-order valence-corrected chi connectivity index (χ2v) is 3.55. The maximum Gasteiger partial charge on any atom is 0.401 e. The summed E-state index contributed by atoms with van der Waals surface area (Å²) in [6, 6.07) is 2.00. The van der Waals surface area contributed by atoms with Crippen LogP contribution in [0.4, 0.5) is 13.2 Å². The van der Waals surface area contributed by atoms with E-state index in [9.17, 15) is 13.2 Å². The third kappa shape index (κ3) is 3.64. The Kier molecular flexibility index (Phi) is 2.81. The number of halogens is 3. The molecule has 0 aliphatic heterocycles. The standard InChI is InChI=1S/C8H11F3N2/c9-8(10,11)6-13-5-7(1-2-7)3-4-12/h13H,1-3,5-6H2. The van der Waals surface area contributed by atoms with Gasteiger partial charge in [0.15, 0.2) is 0 Å². The summed E-state index contributed by atoms with van der Waals surface area (Å²) in [6.45, 7) is -0.653. The summed E-state index contributed by atoms with van der Waals surface area (Å²) in [4.78, 5) is 0. The van der Waals surface area contributed by atoms with E-state index in [1.165, 1.54) is 0 Å². The van der Waals surface area contributed by atoms with Crippen molar-refractivity contribution < 1.29 is 13.2 Å². The molecule has 0 amide bonds. The predicted molar refractivity (Wildman–Crippen MR) is 40.8 cm³/mol. The first-order valence-corrected chi connectivity index (χ1v) is 4.12. The van der Waals surface area contributed by atoms with Crippen LogP contribution in [0.1, 0.15) is 19.3 Å². The van der Waals surface area contributed by atoms with Crippen molar-refractivity contribution >= 4 is 0 Å². The Morgan fingerprint density at radius 1 is 1.38 bits per heavy atom. The van der Waals surface area contributed by atoms with E-state index >= 15 is 0 Å². The van der Waals surface area contributed by atoms with E-state index < -0.39 is 12.7 Å². The van der Waals surface area contributed by atoms with Crippen molar-refractivity contribution in [3.63, 3.8) is 0 Å². The summed E-state index contributed by atoms with van der Waals surface area (Å²) in [5, 5.41) is 10.7. The van der Waals surface area contributed by atoms with Gasteiger partial charge < -0.3 is 5.32 Å². The molecule has 0 radical (unpaired) electrons. The number of hydrogen-bond donors (Lipinski definition) is 1. The normalized spacial score (nSPS) is 19.5. The van der Waals surface area contributed by atoms with E-state index in [1.54, 1.807) is 0 Å². The minimum absolute atomic E-state index is 0.153. The zero-order chi connectivity index (χ0) is 9.95. The van der Waals surface area contributed by atoms with Crippen molar-refractivity contribution in [2.45, 2.75) is 25.4 Å². The summed E-state index contributed by atoms with van der Waals surface area (Å²) in [5.41, 5.74) is -0.153. The van der Waals surface area contributed by atoms with Gasteiger partial charge in [-0.3, -0.25) is 0 Å². The molecular formula is C8H11F3N2. The van der Waals surface area contributed by atoms with Crippen LogP contribution in [-0.2, 0) is 0 Å². The molecule has 0 saturated heterocycles. The molecule has 5 heteroatoms. The van der Waals surface area contributed by atoms with E-state index in [2.05, 4.69) is 5.32 Å². The van der Waals surface area contributed by atoms with Gasteiger partial charge >= 0.3 is 6.18 Å². The summed E-state index contributed by atoms with van der Waals surface area (Å²) in [7, 11) is 0. The maximum absolute atomic E-state index is 11.7. The Hall–Kier alpha value is -0.760. The Morgan fingerprint density at radius 2 is 2.00 bits per heavy atom. The van der Waals surface area contributed by atoms with Crippen molar-refractivity contribution in [2.24, 2.45) is 5.41 Å². The monoisotopic (exact) mass is 192 g/mol. The molecule has 1 fully saturated rings. The average Bonchev–Trinajstić information content (AvgIpc) is 2.67. The lowest BCUT2D eigenvalue weighted by atomic mass is 10.0. The summed E-state index contributed by atoms with van der Waals surface area (Å²) < 4.78 is 35.1. The Labute approximate surface area is 74.7 Å². The van der Waals surface area contributed by atoms with Gasteiger partial charge in [-0.05, 0) is 18.3 Å². The molecular weight excluding hydrogens is 181 g/mol. The second-order valence-electron chi connectivity index (χ2n) is 3.55. The van der Waals surface area contributed by atoms with Gasteiger partial charge in [0.25, 0.3) is 0 Å². The quantitative estimate of drug-likeness (QED) is 0.737. The summed E-state index contributed by atoms with van der Waals surface area (Å²) in [6.07, 6.45) is -2.06. The van der Waals surface area contributed by atoms with Gasteiger partial charge in [-0.15, -0.1) is 0 Å². The Bertz CT molecular complexity index is 212. The second kappa shape index (κ2) is 3.54. The first-order valence-electron chi connectivity index (χ1n) is 4.12. The fourth-order valence-electron chi connectivity index (χ4n) is 1.23. The highest BCUT2D eigenvalue weighted by molar-refractivity contribution is 5.00. The molecule has 1 aliphatic rings. The lowest BCUT2D eigenvalue weighted by Gasteiger charge is -2.13. The van der Waals surface area contributed by atoms with Gasteiger partial charge in [0.05, 0.1) is 12.6 Å². The van der Waals surface area contributed by atoms with E-state index in [1.807, 2.05) is 6.07 Å². The molecule has 1 rings (SSSR count). The lowest BCUT2D eigenvalue weighted by Crippen LogP contribution is -2.33. The van der Waals surface area contributed by atoms with E-state index in [0.29, 0.717) is 13.0 Å². The summed E-state index contributed by atoms with van der Waals surface area (Å²) in [5.74, 6) is 0. The smallest absolute Gasteiger partial charge is 0.308 e. The fraction of sp³-hybridized carbons (Fsp3) is 0.875. The average molecular weight is 192 g/mol. The van der Waals surface area contributed by atoms with Gasteiger partial charge in [-0.25, -0.2) is 0 Å². The van der Waals surface area contributed by atoms with Crippen molar-refractivity contribution in [2.75, 3.05) is 13.1 Å². The third-order valence-corrected chi connectivity index (χ3v) is 2.24. The van der Waals surface area contributed by atoms with E-state index in [0.717, 1.165) is 12.8 Å². The molecule has 1 N–H and O–H groups in total. The molecule has 0 aromatic carbocycles. The maximum atomic E-state index is 11.7. The molecule has 0 unspecified atom stereocenters. The van der Waals surface area contributed by atoms with Gasteiger partial charge in [0, 0.05) is 13.0 Å². The van der Waals surface area contributed by atoms with Crippen LogP contribution in [-0.4, -0.2) is 19.3 Å². The number of rotatable bonds is 4. The highest BCUT2D eigenvalue weighted by Crippen LogP contribution is 2.47. The first-order chi connectivity index (χ1) is 5.97. The van der Waals surface area contributed by atoms with Crippen LogP contribution in [0.2, 0.25) is 0 Å². The van der Waals surface area contributed by atoms with Crippen LogP contribution in [0.5, 0.6) is 0 Å². The molecule has 0 atom stereocenters. The molecule has 0 aromatic rings. The highest BCUT2D eigenvalue weighted by atomic mass is 19.4. The molecule has 0 heterocycles. The zero-order valence-corrected chi connectivity index (χ0v) is 7.12. The van der Waals surface area contributed by atoms with Crippen LogP contribution >= 0.6 is 0 Å². The van der Waals surface area contributed by atoms with E-state index in [-0.39, 0.29) is 5.41 Å². The Morgan fingerprint density at radius 3 is 2.38 bits per heavy atom. The van der Waals surface area contributed by atoms with Crippen molar-refractivity contribution in [1.82, 2.24) is 5.32 Å². The molecule has 0 spiro atoms. The van der Waals surface area contributed by atoms with Crippen molar-refractivity contribution in [3.8, 4) is 6.07 Å². The largest absolute Gasteiger partial charge is 0.401 e. The number of hydrogen-bond acceptors (Lipinski definition) is 2. The topological polar surface area (TPSA) is 35.8 Å². The van der Waals surface area contributed by atoms with Crippen LogP contribution in [0.15, 0.2) is 0 Å². The first kappa shape index (κ1) is 10.3. The molecule has 13 heavy (non-hydrogen) atoms. The number of nitrogens with zero attached hydrogens (tertiary/aromatic N) is 1. The molecule has 74 valence electrons. The van der Waals surface area contributed by atoms with Gasteiger partial charge in [0.2, 0.25) is 0 Å². The number of nitrogens with one attached hydrogen (secondary N) is 1. The zero-order valence-electron chi connectivity index (χ0n) is 7.12. The molecule has 0 aromatic heterocycles. The molecule has 1 saturated carbocycles. The summed E-state index contributed by atoms with van der Waals surface area (Å²) >= 11 is 0. The van der Waals surface area contributed by atoms with Crippen LogP contribution in [0.25, 0.3) is 0 Å². The van der Waals surface area contributed by atoms with Crippen LogP contribution in [0.3, 0.4) is 0 Å². The fourth-order valence-corrected chi connectivity index (χ4v) is 1.23. The van der Waals surface area contributed by atoms with Gasteiger partial charge in [0.1, 0.15) is 0 Å². The molecule has 1 aliphatic carbocycles. The predicted octanol–water partition coefficient (Wildman–Crippen LogP) is 1.83. The number of nitriles is 1. The van der Waals surface area contributed by atoms with Gasteiger partial charge in [-0.1, -0.05) is 0 Å². The minimum Gasteiger partial charge on any atom is -0.308 e. The lowest BCUT2D eigenvalue weighted by molar-refractivity contribution is -0.125. The van der Waals surface area contributed by atoms with Gasteiger partial charge in [-0.2, -0.15) is 18.4 Å².